The van der Waals surface area contributed by atoms with Gasteiger partial charge < -0.3 is 5.32 Å². The Morgan fingerprint density at radius 1 is 1.30 bits per heavy atom. The molecule has 0 aliphatic rings. The molecule has 0 bridgehead atoms. The van der Waals surface area contributed by atoms with E-state index in [2.05, 4.69) is 47.6 Å². The van der Waals surface area contributed by atoms with Crippen LogP contribution in [0.1, 0.15) is 24.9 Å². The average molecular weight is 272 g/mol. The van der Waals surface area contributed by atoms with Gasteiger partial charge in [0.15, 0.2) is 0 Å². The molecule has 0 saturated carbocycles. The van der Waals surface area contributed by atoms with Crippen LogP contribution < -0.4 is 5.32 Å². The topological polar surface area (TPSA) is 33.1 Å². The average Bonchev–Trinajstić information content (AvgIpc) is 2.97. The lowest BCUT2D eigenvalue weighted by molar-refractivity contribution is 0.258. The van der Waals surface area contributed by atoms with E-state index in [9.17, 15) is 0 Å². The summed E-state index contributed by atoms with van der Waals surface area (Å²) in [5.41, 5.74) is 2.35. The summed E-state index contributed by atoms with van der Waals surface area (Å²) in [5.74, 6) is 0. The van der Waals surface area contributed by atoms with Crippen LogP contribution in [0.15, 0.2) is 42.7 Å². The van der Waals surface area contributed by atoms with Gasteiger partial charge in [0.05, 0.1) is 11.9 Å². The van der Waals surface area contributed by atoms with E-state index >= 15 is 0 Å². The van der Waals surface area contributed by atoms with Crippen molar-refractivity contribution in [2.45, 2.75) is 19.4 Å². The van der Waals surface area contributed by atoms with E-state index in [1.165, 1.54) is 5.56 Å². The molecule has 108 valence electrons. The number of hydrogen-bond donors (Lipinski definition) is 1. The zero-order chi connectivity index (χ0) is 14.4. The van der Waals surface area contributed by atoms with Crippen LogP contribution in [0.25, 0.3) is 5.69 Å². The predicted molar refractivity (Wildman–Crippen MR) is 83.2 cm³/mol. The number of hydrogen-bond acceptors (Lipinski definition) is 3. The lowest BCUT2D eigenvalue weighted by Gasteiger charge is -2.23. The summed E-state index contributed by atoms with van der Waals surface area (Å²) in [7, 11) is 4.16. The maximum Gasteiger partial charge on any atom is 0.0645 e. The third-order valence-electron chi connectivity index (χ3n) is 3.70. The first kappa shape index (κ1) is 14.8. The van der Waals surface area contributed by atoms with Crippen molar-refractivity contribution in [3.05, 3.63) is 48.3 Å². The van der Waals surface area contributed by atoms with Crippen molar-refractivity contribution >= 4 is 0 Å². The van der Waals surface area contributed by atoms with Crippen molar-refractivity contribution in [2.24, 2.45) is 0 Å². The monoisotopic (exact) mass is 272 g/mol. The molecule has 0 spiro atoms. The van der Waals surface area contributed by atoms with Gasteiger partial charge in [-0.25, -0.2) is 4.68 Å². The van der Waals surface area contributed by atoms with Crippen molar-refractivity contribution < 1.29 is 0 Å². The lowest BCUT2D eigenvalue weighted by Crippen LogP contribution is -2.25. The van der Waals surface area contributed by atoms with Crippen molar-refractivity contribution in [1.29, 1.82) is 0 Å². The van der Waals surface area contributed by atoms with Crippen molar-refractivity contribution in [3.8, 4) is 5.69 Å². The molecule has 4 nitrogen and oxygen atoms in total. The van der Waals surface area contributed by atoms with E-state index in [-0.39, 0.29) is 0 Å². The molecule has 4 heteroatoms. The summed E-state index contributed by atoms with van der Waals surface area (Å²) in [6, 6.07) is 10.6. The number of rotatable bonds is 7. The van der Waals surface area contributed by atoms with Gasteiger partial charge >= 0.3 is 0 Å². The second-order valence-electron chi connectivity index (χ2n) is 5.17. The molecule has 1 N–H and O–H groups in total. The van der Waals surface area contributed by atoms with Crippen LogP contribution in [0, 0.1) is 0 Å². The second kappa shape index (κ2) is 7.22. The molecule has 20 heavy (non-hydrogen) atoms. The number of nitrogens with zero attached hydrogens (tertiary/aromatic N) is 3. The second-order valence-corrected chi connectivity index (χ2v) is 5.17. The quantitative estimate of drug-likeness (QED) is 0.786. The highest BCUT2D eigenvalue weighted by Gasteiger charge is 2.13. The first-order valence-corrected chi connectivity index (χ1v) is 7.17. The Kier molecular flexibility index (Phi) is 5.32. The largest absolute Gasteiger partial charge is 0.320 e. The van der Waals surface area contributed by atoms with E-state index in [0.717, 1.165) is 25.2 Å². The first-order valence-electron chi connectivity index (χ1n) is 7.17. The van der Waals surface area contributed by atoms with Crippen molar-refractivity contribution in [1.82, 2.24) is 20.0 Å². The van der Waals surface area contributed by atoms with Crippen LogP contribution in [0.2, 0.25) is 0 Å². The van der Waals surface area contributed by atoms with E-state index in [4.69, 9.17) is 0 Å². The molecular weight excluding hydrogens is 248 g/mol. The van der Waals surface area contributed by atoms with Crippen LogP contribution in [-0.4, -0.2) is 41.9 Å². The molecule has 0 fully saturated rings. The fourth-order valence-corrected chi connectivity index (χ4v) is 2.23. The molecule has 1 aromatic heterocycles. The molecule has 0 saturated heterocycles. The Balaban J connectivity index is 2.01. The van der Waals surface area contributed by atoms with E-state index in [1.807, 2.05) is 36.1 Å². The Morgan fingerprint density at radius 2 is 2.05 bits per heavy atom. The van der Waals surface area contributed by atoms with E-state index in [0.29, 0.717) is 6.04 Å². The van der Waals surface area contributed by atoms with Gasteiger partial charge in [-0.15, -0.1) is 0 Å². The number of benzene rings is 1. The molecule has 1 unspecified atom stereocenters. The normalized spacial score (nSPS) is 12.8. The molecule has 1 atom stereocenters. The molecule has 1 heterocycles. The van der Waals surface area contributed by atoms with E-state index in [1.54, 1.807) is 0 Å². The number of para-hydroxylation sites is 1. The maximum atomic E-state index is 4.46. The van der Waals surface area contributed by atoms with Crippen LogP contribution in [0.4, 0.5) is 0 Å². The van der Waals surface area contributed by atoms with Crippen LogP contribution in [0.5, 0.6) is 0 Å². The standard InChI is InChI=1S/C16H24N4/c1-14(19(3)11-7-10-17-2)15-12-18-20(13-15)16-8-5-4-6-9-16/h4-6,8-9,12-14,17H,7,10-11H2,1-3H3. The molecule has 2 rings (SSSR count). The third-order valence-corrected chi connectivity index (χ3v) is 3.70. The van der Waals surface area contributed by atoms with Gasteiger partial charge in [0.1, 0.15) is 0 Å². The smallest absolute Gasteiger partial charge is 0.0645 e. The van der Waals surface area contributed by atoms with Gasteiger partial charge in [0.2, 0.25) is 0 Å². The van der Waals surface area contributed by atoms with Gasteiger partial charge in [-0.3, -0.25) is 4.90 Å². The summed E-state index contributed by atoms with van der Waals surface area (Å²) >= 11 is 0. The summed E-state index contributed by atoms with van der Waals surface area (Å²) in [4.78, 5) is 2.36. The Morgan fingerprint density at radius 3 is 2.75 bits per heavy atom. The zero-order valence-corrected chi connectivity index (χ0v) is 12.6. The molecule has 0 aliphatic carbocycles. The summed E-state index contributed by atoms with van der Waals surface area (Å²) < 4.78 is 1.94. The molecule has 2 aromatic rings. The minimum absolute atomic E-state index is 0.379. The van der Waals surface area contributed by atoms with Gasteiger partial charge in [0, 0.05) is 17.8 Å². The van der Waals surface area contributed by atoms with Crippen molar-refractivity contribution in [2.75, 3.05) is 27.2 Å². The number of nitrogens with one attached hydrogen (secondary N) is 1. The van der Waals surface area contributed by atoms with Gasteiger partial charge in [-0.2, -0.15) is 5.10 Å². The SMILES string of the molecule is CNCCCN(C)C(C)c1cnn(-c2ccccc2)c1. The summed E-state index contributed by atoms with van der Waals surface area (Å²) in [5, 5.41) is 7.65. The third kappa shape index (κ3) is 3.68. The summed E-state index contributed by atoms with van der Waals surface area (Å²) in [6.07, 6.45) is 5.24. The maximum absolute atomic E-state index is 4.46. The fraction of sp³-hybridized carbons (Fsp3) is 0.438. The highest BCUT2D eigenvalue weighted by Crippen LogP contribution is 2.19. The highest BCUT2D eigenvalue weighted by molar-refractivity contribution is 5.31. The van der Waals surface area contributed by atoms with Crippen LogP contribution in [-0.2, 0) is 0 Å². The predicted octanol–water partition coefficient (Wildman–Crippen LogP) is 2.47. The Labute approximate surface area is 121 Å². The van der Waals surface area contributed by atoms with Gasteiger partial charge in [0.25, 0.3) is 0 Å². The van der Waals surface area contributed by atoms with Crippen LogP contribution in [0.3, 0.4) is 0 Å². The van der Waals surface area contributed by atoms with Crippen LogP contribution >= 0.6 is 0 Å². The summed E-state index contributed by atoms with van der Waals surface area (Å²) in [6.45, 7) is 4.37. The molecular formula is C16H24N4. The van der Waals surface area contributed by atoms with E-state index < -0.39 is 0 Å². The molecule has 0 aliphatic heterocycles. The number of aromatic nitrogens is 2. The lowest BCUT2D eigenvalue weighted by atomic mass is 10.1. The zero-order valence-electron chi connectivity index (χ0n) is 12.6. The minimum Gasteiger partial charge on any atom is -0.320 e. The van der Waals surface area contributed by atoms with Crippen molar-refractivity contribution in [3.63, 3.8) is 0 Å². The first-order chi connectivity index (χ1) is 9.72. The fourth-order valence-electron chi connectivity index (χ4n) is 2.23. The molecule has 0 radical (unpaired) electrons. The highest BCUT2D eigenvalue weighted by atomic mass is 15.3. The molecule has 0 amide bonds. The van der Waals surface area contributed by atoms with Gasteiger partial charge in [-0.05, 0) is 52.7 Å². The molecule has 1 aromatic carbocycles. The minimum atomic E-state index is 0.379. The Bertz CT molecular complexity index is 506. The van der Waals surface area contributed by atoms with Gasteiger partial charge in [-0.1, -0.05) is 18.2 Å². The Hall–Kier alpha value is -1.65.